The molecule has 9 nitrogen and oxygen atoms in total. The van der Waals surface area contributed by atoms with Crippen LogP contribution in [0.4, 0.5) is 10.5 Å². The number of H-pyrrole nitrogens is 1. The normalized spacial score (nSPS) is 22.6. The van der Waals surface area contributed by atoms with E-state index in [1.807, 2.05) is 4.90 Å². The predicted octanol–water partition coefficient (Wildman–Crippen LogP) is 3.12. The Kier molecular flexibility index (Phi) is 7.39. The fourth-order valence-electron chi connectivity index (χ4n) is 4.28. The number of hydrogen-bond donors (Lipinski definition) is 3. The van der Waals surface area contributed by atoms with Crippen molar-refractivity contribution in [1.29, 1.82) is 0 Å². The molecule has 2 aromatic rings. The number of carbonyl (C=O) groups is 2. The summed E-state index contributed by atoms with van der Waals surface area (Å²) in [6.07, 6.45) is 4.37. The molecule has 0 bridgehead atoms. The summed E-state index contributed by atoms with van der Waals surface area (Å²) in [5.41, 5.74) is 0.546. The van der Waals surface area contributed by atoms with E-state index in [1.54, 1.807) is 24.3 Å². The molecule has 1 aliphatic heterocycles. The monoisotopic (exact) mass is 493 g/mol. The second-order valence-electron chi connectivity index (χ2n) is 8.31. The highest BCUT2D eigenvalue weighted by Gasteiger charge is 2.29. The molecule has 0 spiro atoms. The van der Waals surface area contributed by atoms with Gasteiger partial charge >= 0.3 is 6.09 Å². The third-order valence-corrected chi connectivity index (χ3v) is 6.73. The summed E-state index contributed by atoms with van der Waals surface area (Å²) in [5, 5.41) is 12.5. The van der Waals surface area contributed by atoms with Crippen LogP contribution in [-0.2, 0) is 4.74 Å². The summed E-state index contributed by atoms with van der Waals surface area (Å²) in [5.74, 6) is -0.182. The van der Waals surface area contributed by atoms with Gasteiger partial charge in [-0.2, -0.15) is 5.10 Å². The summed E-state index contributed by atoms with van der Waals surface area (Å²) in [6, 6.07) is 6.99. The van der Waals surface area contributed by atoms with Crippen molar-refractivity contribution >= 4 is 40.9 Å². The van der Waals surface area contributed by atoms with Gasteiger partial charge in [0, 0.05) is 25.0 Å². The number of nitrogens with one attached hydrogen (secondary N) is 3. The molecule has 1 aromatic heterocycles. The van der Waals surface area contributed by atoms with Gasteiger partial charge in [0.2, 0.25) is 0 Å². The van der Waals surface area contributed by atoms with Gasteiger partial charge in [0.25, 0.3) is 11.5 Å². The van der Waals surface area contributed by atoms with Crippen LogP contribution in [0.1, 0.15) is 42.5 Å². The van der Waals surface area contributed by atoms with Crippen molar-refractivity contribution < 1.29 is 14.3 Å². The number of halogens is 2. The number of anilines is 1. The molecule has 1 saturated heterocycles. The van der Waals surface area contributed by atoms with E-state index < -0.39 is 11.7 Å². The highest BCUT2D eigenvalue weighted by atomic mass is 35.5. The second-order valence-corrected chi connectivity index (χ2v) is 9.09. The minimum Gasteiger partial charge on any atom is -0.444 e. The standard InChI is InChI=1S/C22H25Cl2N5O4/c23-17-4-2-1-3-16(17)20(30)26-13-5-7-14(8-6-13)27-22(32)33-15-9-10-29(12-15)18-11-25-28-21(31)19(18)24/h1-4,11,13-15H,5-10,12H2,(H,26,30)(H,27,32)(H,28,31)/t13?,14?,15-/m1/s1. The van der Waals surface area contributed by atoms with Crippen LogP contribution in [0.3, 0.4) is 0 Å². The fraction of sp³-hybridized carbons (Fsp3) is 0.455. The van der Waals surface area contributed by atoms with Crippen LogP contribution in [0, 0.1) is 0 Å². The predicted molar refractivity (Wildman–Crippen MR) is 125 cm³/mol. The first-order chi connectivity index (χ1) is 15.9. The maximum atomic E-state index is 12.4. The Hall–Kier alpha value is -2.78. The van der Waals surface area contributed by atoms with Crippen LogP contribution >= 0.6 is 23.2 Å². The van der Waals surface area contributed by atoms with Gasteiger partial charge in [-0.1, -0.05) is 35.3 Å². The van der Waals surface area contributed by atoms with Crippen LogP contribution in [-0.4, -0.2) is 53.5 Å². The van der Waals surface area contributed by atoms with Crippen molar-refractivity contribution in [3.8, 4) is 0 Å². The maximum absolute atomic E-state index is 12.4. The van der Waals surface area contributed by atoms with E-state index in [-0.39, 0.29) is 29.1 Å². The Labute approximate surface area is 200 Å². The zero-order chi connectivity index (χ0) is 23.4. The van der Waals surface area contributed by atoms with Gasteiger partial charge in [-0.15, -0.1) is 0 Å². The maximum Gasteiger partial charge on any atom is 0.407 e. The van der Waals surface area contributed by atoms with E-state index in [1.165, 1.54) is 6.20 Å². The van der Waals surface area contributed by atoms with Crippen molar-refractivity contribution in [3.05, 3.63) is 56.4 Å². The van der Waals surface area contributed by atoms with Crippen LogP contribution in [0.15, 0.2) is 35.3 Å². The topological polar surface area (TPSA) is 116 Å². The van der Waals surface area contributed by atoms with Crippen molar-refractivity contribution in [2.45, 2.75) is 50.3 Å². The van der Waals surface area contributed by atoms with Crippen molar-refractivity contribution in [2.75, 3.05) is 18.0 Å². The Morgan fingerprint density at radius 2 is 1.76 bits per heavy atom. The van der Waals surface area contributed by atoms with Gasteiger partial charge in [0.15, 0.2) is 0 Å². The smallest absolute Gasteiger partial charge is 0.407 e. The third kappa shape index (κ3) is 5.78. The SMILES string of the molecule is O=C(NC1CCC(NC(=O)c2ccccc2Cl)CC1)O[C@@H]1CCN(c2cn[nH]c(=O)c2Cl)C1. The molecule has 11 heteroatoms. The molecule has 1 aliphatic carbocycles. The fourth-order valence-corrected chi connectivity index (χ4v) is 4.71. The van der Waals surface area contributed by atoms with E-state index in [9.17, 15) is 14.4 Å². The number of alkyl carbamates (subject to hydrolysis) is 1. The van der Waals surface area contributed by atoms with E-state index in [0.29, 0.717) is 35.8 Å². The molecule has 1 aromatic carbocycles. The summed E-state index contributed by atoms with van der Waals surface area (Å²) in [6.45, 7) is 1.05. The number of rotatable bonds is 5. The van der Waals surface area contributed by atoms with Gasteiger partial charge in [-0.05, 0) is 37.8 Å². The molecule has 2 fully saturated rings. The largest absolute Gasteiger partial charge is 0.444 e. The molecule has 176 valence electrons. The molecule has 2 amide bonds. The van der Waals surface area contributed by atoms with Gasteiger partial charge < -0.3 is 20.3 Å². The minimum atomic E-state index is -0.458. The first-order valence-corrected chi connectivity index (χ1v) is 11.7. The van der Waals surface area contributed by atoms with Crippen LogP contribution in [0.2, 0.25) is 10.0 Å². The van der Waals surface area contributed by atoms with Gasteiger partial charge in [0.1, 0.15) is 11.1 Å². The van der Waals surface area contributed by atoms with Crippen LogP contribution in [0.5, 0.6) is 0 Å². The number of ether oxygens (including phenoxy) is 1. The lowest BCUT2D eigenvalue weighted by molar-refractivity contribution is 0.0909. The molecule has 1 atom stereocenters. The lowest BCUT2D eigenvalue weighted by Crippen LogP contribution is -2.44. The van der Waals surface area contributed by atoms with Crippen molar-refractivity contribution in [3.63, 3.8) is 0 Å². The number of aromatic amines is 1. The lowest BCUT2D eigenvalue weighted by atomic mass is 9.91. The van der Waals surface area contributed by atoms with Crippen molar-refractivity contribution in [2.24, 2.45) is 0 Å². The number of carbonyl (C=O) groups excluding carboxylic acids is 2. The molecular formula is C22H25Cl2N5O4. The highest BCUT2D eigenvalue weighted by molar-refractivity contribution is 6.34. The summed E-state index contributed by atoms with van der Waals surface area (Å²) in [4.78, 5) is 38.3. The first kappa shape index (κ1) is 23.4. The molecular weight excluding hydrogens is 469 g/mol. The Balaban J connectivity index is 1.20. The number of benzene rings is 1. The molecule has 2 aliphatic rings. The summed E-state index contributed by atoms with van der Waals surface area (Å²) >= 11 is 12.2. The average molecular weight is 494 g/mol. The Bertz CT molecular complexity index is 1070. The highest BCUT2D eigenvalue weighted by Crippen LogP contribution is 2.26. The van der Waals surface area contributed by atoms with Crippen LogP contribution in [0.25, 0.3) is 0 Å². The molecule has 0 unspecified atom stereocenters. The molecule has 3 N–H and O–H groups in total. The Morgan fingerprint density at radius 3 is 2.48 bits per heavy atom. The lowest BCUT2D eigenvalue weighted by Gasteiger charge is -2.29. The van der Waals surface area contributed by atoms with E-state index in [4.69, 9.17) is 27.9 Å². The third-order valence-electron chi connectivity index (χ3n) is 6.04. The first-order valence-electron chi connectivity index (χ1n) is 10.9. The van der Waals surface area contributed by atoms with Gasteiger partial charge in [-0.25, -0.2) is 9.89 Å². The summed E-state index contributed by atoms with van der Waals surface area (Å²) < 4.78 is 5.57. The number of amides is 2. The number of hydrogen-bond acceptors (Lipinski definition) is 6. The van der Waals surface area contributed by atoms with Gasteiger partial charge in [-0.3, -0.25) is 9.59 Å². The molecule has 33 heavy (non-hydrogen) atoms. The van der Waals surface area contributed by atoms with Gasteiger partial charge in [0.05, 0.1) is 29.0 Å². The minimum absolute atomic E-state index is 0.00482. The van der Waals surface area contributed by atoms with Crippen molar-refractivity contribution in [1.82, 2.24) is 20.8 Å². The molecule has 1 saturated carbocycles. The zero-order valence-corrected chi connectivity index (χ0v) is 19.4. The second kappa shape index (κ2) is 10.4. The molecule has 0 radical (unpaired) electrons. The molecule has 4 rings (SSSR count). The van der Waals surface area contributed by atoms with E-state index in [0.717, 1.165) is 25.7 Å². The summed E-state index contributed by atoms with van der Waals surface area (Å²) in [7, 11) is 0. The van der Waals surface area contributed by atoms with Crippen LogP contribution < -0.4 is 21.1 Å². The zero-order valence-electron chi connectivity index (χ0n) is 17.9. The average Bonchev–Trinajstić information content (AvgIpc) is 3.25. The quantitative estimate of drug-likeness (QED) is 0.588. The molecule has 2 heterocycles. The Morgan fingerprint density at radius 1 is 1.06 bits per heavy atom. The van der Waals surface area contributed by atoms with E-state index in [2.05, 4.69) is 20.8 Å². The van der Waals surface area contributed by atoms with E-state index >= 15 is 0 Å². The number of aromatic nitrogens is 2. The number of nitrogens with zero attached hydrogens (tertiary/aromatic N) is 2.